The number of carboxylic acids is 2. The minimum atomic E-state index is -0.943. The second kappa shape index (κ2) is 13.0. The molecule has 0 bridgehead atoms. The maximum atomic E-state index is 11.4. The van der Waals surface area contributed by atoms with E-state index in [1.54, 1.807) is 0 Å². The number of hydrogen-bond donors (Lipinski definition) is 2. The van der Waals surface area contributed by atoms with E-state index in [0.29, 0.717) is 6.42 Å². The monoisotopic (exact) mass is 476 g/mol. The molecule has 3 rings (SSSR count). The molecule has 0 aromatic heterocycles. The van der Waals surface area contributed by atoms with Crippen molar-refractivity contribution in [3.63, 3.8) is 0 Å². The van der Waals surface area contributed by atoms with Crippen LogP contribution in [-0.2, 0) is 14.3 Å². The average Bonchev–Trinajstić information content (AvgIpc) is 2.87. The second-order valence-electron chi connectivity index (χ2n) is 8.44. The predicted octanol–water partition coefficient (Wildman–Crippen LogP) is 6.84. The van der Waals surface area contributed by atoms with Gasteiger partial charge in [-0.15, -0.1) is 11.8 Å². The van der Waals surface area contributed by atoms with E-state index in [2.05, 4.69) is 72.8 Å². The fourth-order valence-electron chi connectivity index (χ4n) is 4.35. The van der Waals surface area contributed by atoms with Gasteiger partial charge in [0.25, 0.3) is 0 Å². The van der Waals surface area contributed by atoms with Crippen molar-refractivity contribution < 1.29 is 19.8 Å². The molecule has 0 aliphatic carbocycles. The van der Waals surface area contributed by atoms with Crippen molar-refractivity contribution in [2.75, 3.05) is 5.75 Å². The van der Waals surface area contributed by atoms with Crippen molar-refractivity contribution in [1.82, 2.24) is 0 Å². The van der Waals surface area contributed by atoms with E-state index in [1.165, 1.54) is 16.7 Å². The van der Waals surface area contributed by atoms with Crippen LogP contribution in [0.15, 0.2) is 91.0 Å². The van der Waals surface area contributed by atoms with Gasteiger partial charge >= 0.3 is 11.9 Å². The first kappa shape index (κ1) is 25.6. The Kier molecular flexibility index (Phi) is 9.77. The van der Waals surface area contributed by atoms with Gasteiger partial charge in [-0.25, -0.2) is 0 Å². The van der Waals surface area contributed by atoms with E-state index in [4.69, 9.17) is 5.11 Å². The molecular weight excluding hydrogens is 444 g/mol. The fraction of sp³-hybridized carbons (Fsp3) is 0.310. The summed E-state index contributed by atoms with van der Waals surface area (Å²) in [7, 11) is 0. The molecule has 0 spiro atoms. The molecule has 3 aromatic rings. The van der Waals surface area contributed by atoms with Crippen LogP contribution in [0.2, 0.25) is 0 Å². The Morgan fingerprint density at radius 3 is 1.56 bits per heavy atom. The maximum Gasteiger partial charge on any atom is 0.306 e. The molecule has 1 unspecified atom stereocenters. The first-order valence-corrected chi connectivity index (χ1v) is 12.8. The van der Waals surface area contributed by atoms with E-state index in [9.17, 15) is 14.7 Å². The molecule has 0 heterocycles. The van der Waals surface area contributed by atoms with Crippen LogP contribution in [0.1, 0.15) is 55.2 Å². The maximum absolute atomic E-state index is 11.4. The highest BCUT2D eigenvalue weighted by atomic mass is 32.2. The molecule has 4 nitrogen and oxygen atoms in total. The molecule has 178 valence electrons. The molecule has 0 saturated carbocycles. The van der Waals surface area contributed by atoms with Gasteiger partial charge < -0.3 is 10.2 Å². The van der Waals surface area contributed by atoms with E-state index < -0.39 is 17.9 Å². The summed E-state index contributed by atoms with van der Waals surface area (Å²) in [6.45, 7) is 0. The Balaban J connectivity index is 1.72. The van der Waals surface area contributed by atoms with Crippen molar-refractivity contribution >= 4 is 23.7 Å². The highest BCUT2D eigenvalue weighted by Gasteiger charge is 2.36. The van der Waals surface area contributed by atoms with Crippen LogP contribution >= 0.6 is 11.8 Å². The summed E-state index contributed by atoms with van der Waals surface area (Å²) >= 11 is 1.91. The smallest absolute Gasteiger partial charge is 0.306 e. The van der Waals surface area contributed by atoms with E-state index in [0.717, 1.165) is 25.0 Å². The highest BCUT2D eigenvalue weighted by molar-refractivity contribution is 8.00. The Bertz CT molecular complexity index is 925. The number of unbranched alkanes of at least 4 members (excludes halogenated alkanes) is 2. The first-order valence-electron chi connectivity index (χ1n) is 11.8. The zero-order valence-electron chi connectivity index (χ0n) is 19.3. The van der Waals surface area contributed by atoms with Crippen LogP contribution in [-0.4, -0.2) is 27.9 Å². The van der Waals surface area contributed by atoms with E-state index >= 15 is 0 Å². The Labute approximate surface area is 206 Å². The number of thioether (sulfide) groups is 1. The van der Waals surface area contributed by atoms with E-state index in [-0.39, 0.29) is 17.6 Å². The summed E-state index contributed by atoms with van der Waals surface area (Å²) in [6, 6.07) is 31.7. The standard InChI is InChI=1S/C29H32O4S/c30-27(31)21-20-23(28(32)33)13-5-4-12-22-34-29(24-14-6-1-7-15-24,25-16-8-2-9-17-25)26-18-10-3-11-19-26/h1-3,6-11,14-19,23H,4-5,12-13,20-22H2,(H,30,31)(H,32,33). The van der Waals surface area contributed by atoms with E-state index in [1.807, 2.05) is 30.0 Å². The van der Waals surface area contributed by atoms with Crippen molar-refractivity contribution in [2.24, 2.45) is 5.92 Å². The minimum absolute atomic E-state index is 0.0967. The van der Waals surface area contributed by atoms with Gasteiger partial charge in [-0.3, -0.25) is 9.59 Å². The quantitative estimate of drug-likeness (QED) is 0.197. The van der Waals surface area contributed by atoms with Crippen molar-refractivity contribution in [1.29, 1.82) is 0 Å². The number of hydrogen-bond acceptors (Lipinski definition) is 3. The number of aliphatic carboxylic acids is 2. The number of carbonyl (C=O) groups is 2. The molecule has 0 fully saturated rings. The lowest BCUT2D eigenvalue weighted by Gasteiger charge is -2.35. The molecule has 0 aliphatic heterocycles. The molecular formula is C29H32O4S. The SMILES string of the molecule is O=C(O)CCC(CCCCCSC(c1ccccc1)(c1ccccc1)c1ccccc1)C(=O)O. The lowest BCUT2D eigenvalue weighted by Crippen LogP contribution is -2.26. The Hall–Kier alpha value is -3.05. The van der Waals surface area contributed by atoms with Crippen LogP contribution in [0.25, 0.3) is 0 Å². The summed E-state index contributed by atoms with van der Waals surface area (Å²) in [5.41, 5.74) is 3.70. The zero-order valence-corrected chi connectivity index (χ0v) is 20.1. The summed E-state index contributed by atoms with van der Waals surface area (Å²) < 4.78 is -0.338. The first-order chi connectivity index (χ1) is 16.5. The van der Waals surface area contributed by atoms with Gasteiger partial charge in [0.1, 0.15) is 0 Å². The largest absolute Gasteiger partial charge is 0.481 e. The van der Waals surface area contributed by atoms with Gasteiger partial charge in [-0.2, -0.15) is 0 Å². The topological polar surface area (TPSA) is 74.6 Å². The van der Waals surface area contributed by atoms with Gasteiger partial charge in [0.2, 0.25) is 0 Å². The Morgan fingerprint density at radius 2 is 1.15 bits per heavy atom. The number of carboxylic acid groups (broad SMARTS) is 2. The normalized spacial score (nSPS) is 12.2. The van der Waals surface area contributed by atoms with Crippen LogP contribution in [0.3, 0.4) is 0 Å². The third-order valence-electron chi connectivity index (χ3n) is 6.11. The van der Waals surface area contributed by atoms with Crippen LogP contribution in [0.4, 0.5) is 0 Å². The summed E-state index contributed by atoms with van der Waals surface area (Å²) in [4.78, 5) is 22.2. The summed E-state index contributed by atoms with van der Waals surface area (Å²) in [5, 5.41) is 18.2. The highest BCUT2D eigenvalue weighted by Crippen LogP contribution is 2.48. The third-order valence-corrected chi connectivity index (χ3v) is 7.75. The summed E-state index contributed by atoms with van der Waals surface area (Å²) in [6.07, 6.45) is 3.28. The minimum Gasteiger partial charge on any atom is -0.481 e. The lowest BCUT2D eigenvalue weighted by atomic mass is 9.84. The molecule has 0 amide bonds. The molecule has 2 N–H and O–H groups in total. The van der Waals surface area contributed by atoms with Gasteiger partial charge in [0.15, 0.2) is 0 Å². The average molecular weight is 477 g/mol. The molecule has 0 radical (unpaired) electrons. The number of benzene rings is 3. The lowest BCUT2D eigenvalue weighted by molar-refractivity contribution is -0.143. The molecule has 5 heteroatoms. The molecule has 3 aromatic carbocycles. The second-order valence-corrected chi connectivity index (χ2v) is 9.75. The zero-order chi connectivity index (χ0) is 24.2. The Morgan fingerprint density at radius 1 is 0.676 bits per heavy atom. The molecule has 0 saturated heterocycles. The van der Waals surface area contributed by atoms with Gasteiger partial charge in [-0.1, -0.05) is 104 Å². The molecule has 0 aliphatic rings. The fourth-order valence-corrected chi connectivity index (χ4v) is 5.92. The van der Waals surface area contributed by atoms with Gasteiger partial charge in [0.05, 0.1) is 10.7 Å². The van der Waals surface area contributed by atoms with Crippen LogP contribution in [0, 0.1) is 5.92 Å². The summed E-state index contributed by atoms with van der Waals surface area (Å²) in [5.74, 6) is -1.50. The van der Waals surface area contributed by atoms with Crippen molar-refractivity contribution in [3.8, 4) is 0 Å². The molecule has 1 atom stereocenters. The number of rotatable bonds is 14. The van der Waals surface area contributed by atoms with Crippen molar-refractivity contribution in [2.45, 2.75) is 43.3 Å². The van der Waals surface area contributed by atoms with Crippen LogP contribution < -0.4 is 0 Å². The van der Waals surface area contributed by atoms with Crippen LogP contribution in [0.5, 0.6) is 0 Å². The molecule has 34 heavy (non-hydrogen) atoms. The van der Waals surface area contributed by atoms with Crippen molar-refractivity contribution in [3.05, 3.63) is 108 Å². The third kappa shape index (κ3) is 6.73. The van der Waals surface area contributed by atoms with Gasteiger partial charge in [-0.05, 0) is 41.7 Å². The predicted molar refractivity (Wildman–Crippen MR) is 138 cm³/mol. The van der Waals surface area contributed by atoms with Gasteiger partial charge in [0, 0.05) is 6.42 Å².